The number of hydrogen-bond donors (Lipinski definition) is 1. The highest BCUT2D eigenvalue weighted by Crippen LogP contribution is 2.27. The van der Waals surface area contributed by atoms with Crippen LogP contribution in [0.2, 0.25) is 0 Å². The summed E-state index contributed by atoms with van der Waals surface area (Å²) in [6.07, 6.45) is -0.0265. The van der Waals surface area contributed by atoms with Crippen LogP contribution in [0.3, 0.4) is 0 Å². The predicted octanol–water partition coefficient (Wildman–Crippen LogP) is 4.93. The fourth-order valence-corrected chi connectivity index (χ4v) is 3.30. The number of carbonyl (C=O) groups excluding carboxylic acids is 1. The Kier molecular flexibility index (Phi) is 5.86. The maximum Gasteiger partial charge on any atom is 0.267 e. The first-order valence-electron chi connectivity index (χ1n) is 8.91. The average molecular weight is 382 g/mol. The van der Waals surface area contributed by atoms with E-state index in [0.717, 1.165) is 16.1 Å². The molecule has 6 heteroatoms. The summed E-state index contributed by atoms with van der Waals surface area (Å²) in [4.78, 5) is 12.6. The lowest BCUT2D eigenvalue weighted by Crippen LogP contribution is -2.32. The fraction of sp³-hybridized carbons (Fsp3) is 0.286. The van der Waals surface area contributed by atoms with Gasteiger partial charge in [-0.2, -0.15) is 0 Å². The van der Waals surface area contributed by atoms with Gasteiger partial charge in [0.1, 0.15) is 10.8 Å². The zero-order valence-electron chi connectivity index (χ0n) is 15.9. The zero-order valence-corrected chi connectivity index (χ0v) is 16.8. The summed E-state index contributed by atoms with van der Waals surface area (Å²) in [6, 6.07) is 13.9. The van der Waals surface area contributed by atoms with Crippen LogP contribution in [0.5, 0.6) is 5.75 Å². The van der Waals surface area contributed by atoms with Gasteiger partial charge in [0.2, 0.25) is 5.13 Å². The van der Waals surface area contributed by atoms with E-state index in [0.29, 0.717) is 17.3 Å². The fourth-order valence-electron chi connectivity index (χ4n) is 2.55. The molecule has 27 heavy (non-hydrogen) atoms. The number of hydrogen-bond acceptors (Lipinski definition) is 5. The van der Waals surface area contributed by atoms with Gasteiger partial charge in [0.25, 0.3) is 5.91 Å². The SMILES string of the molecule is CCC(Oc1ccc(C)c(C)c1)C(=O)Nc1nnc(-c2ccc(C)cc2)s1. The van der Waals surface area contributed by atoms with Gasteiger partial charge >= 0.3 is 0 Å². The van der Waals surface area contributed by atoms with Crippen molar-refractivity contribution in [2.75, 3.05) is 5.32 Å². The van der Waals surface area contributed by atoms with Gasteiger partial charge in [0.15, 0.2) is 6.10 Å². The third-order valence-electron chi connectivity index (χ3n) is 4.37. The van der Waals surface area contributed by atoms with Crippen molar-refractivity contribution < 1.29 is 9.53 Å². The molecule has 1 heterocycles. The largest absolute Gasteiger partial charge is 0.481 e. The highest BCUT2D eigenvalue weighted by molar-refractivity contribution is 7.18. The summed E-state index contributed by atoms with van der Waals surface area (Å²) in [5.74, 6) is 0.472. The molecule has 0 aliphatic carbocycles. The van der Waals surface area contributed by atoms with Crippen LogP contribution in [-0.4, -0.2) is 22.2 Å². The number of rotatable bonds is 6. The Morgan fingerprint density at radius 3 is 2.48 bits per heavy atom. The van der Waals surface area contributed by atoms with Crippen molar-refractivity contribution in [3.63, 3.8) is 0 Å². The van der Waals surface area contributed by atoms with Gasteiger partial charge in [0.05, 0.1) is 0 Å². The first-order chi connectivity index (χ1) is 13.0. The molecule has 2 aromatic carbocycles. The first kappa shape index (κ1) is 19.0. The second-order valence-electron chi connectivity index (χ2n) is 6.53. The molecule has 1 unspecified atom stereocenters. The van der Waals surface area contributed by atoms with Crippen LogP contribution in [0.15, 0.2) is 42.5 Å². The highest BCUT2D eigenvalue weighted by Gasteiger charge is 2.20. The van der Waals surface area contributed by atoms with Crippen molar-refractivity contribution in [3.8, 4) is 16.3 Å². The molecule has 3 rings (SSSR count). The van der Waals surface area contributed by atoms with Crippen LogP contribution in [0.4, 0.5) is 5.13 Å². The Labute approximate surface area is 163 Å². The summed E-state index contributed by atoms with van der Waals surface area (Å²) in [5, 5.41) is 12.3. The maximum absolute atomic E-state index is 12.6. The number of anilines is 1. The van der Waals surface area contributed by atoms with E-state index in [-0.39, 0.29) is 5.91 Å². The molecule has 1 amide bonds. The molecule has 1 atom stereocenters. The minimum absolute atomic E-state index is 0.220. The number of benzene rings is 2. The molecule has 0 spiro atoms. The van der Waals surface area contributed by atoms with Gasteiger partial charge in [-0.05, 0) is 50.5 Å². The second-order valence-corrected chi connectivity index (χ2v) is 7.51. The van der Waals surface area contributed by atoms with Crippen LogP contribution < -0.4 is 10.1 Å². The second kappa shape index (κ2) is 8.31. The topological polar surface area (TPSA) is 64.1 Å². The Morgan fingerprint density at radius 1 is 1.07 bits per heavy atom. The normalized spacial score (nSPS) is 11.9. The van der Waals surface area contributed by atoms with E-state index in [1.54, 1.807) is 0 Å². The number of aryl methyl sites for hydroxylation is 3. The van der Waals surface area contributed by atoms with Crippen LogP contribution in [0.1, 0.15) is 30.0 Å². The predicted molar refractivity (Wildman–Crippen MR) is 109 cm³/mol. The average Bonchev–Trinajstić information content (AvgIpc) is 3.11. The van der Waals surface area contributed by atoms with Gasteiger partial charge in [-0.3, -0.25) is 10.1 Å². The number of nitrogens with one attached hydrogen (secondary N) is 1. The first-order valence-corrected chi connectivity index (χ1v) is 9.73. The molecule has 0 saturated carbocycles. The lowest BCUT2D eigenvalue weighted by atomic mass is 10.1. The summed E-state index contributed by atoms with van der Waals surface area (Å²) >= 11 is 1.35. The van der Waals surface area contributed by atoms with E-state index < -0.39 is 6.10 Å². The Hall–Kier alpha value is -2.73. The molecule has 0 radical (unpaired) electrons. The van der Waals surface area contributed by atoms with Gasteiger partial charge in [-0.1, -0.05) is 54.2 Å². The minimum Gasteiger partial charge on any atom is -0.481 e. The minimum atomic E-state index is -0.584. The van der Waals surface area contributed by atoms with Crippen molar-refractivity contribution in [3.05, 3.63) is 59.2 Å². The summed E-state index contributed by atoms with van der Waals surface area (Å²) < 4.78 is 5.88. The Morgan fingerprint density at radius 2 is 1.81 bits per heavy atom. The van der Waals surface area contributed by atoms with Crippen LogP contribution in [0, 0.1) is 20.8 Å². The number of aromatic nitrogens is 2. The van der Waals surface area contributed by atoms with Gasteiger partial charge in [0, 0.05) is 5.56 Å². The van der Waals surface area contributed by atoms with E-state index in [1.807, 2.05) is 70.2 Å². The maximum atomic E-state index is 12.6. The van der Waals surface area contributed by atoms with Gasteiger partial charge in [-0.15, -0.1) is 10.2 Å². The lowest BCUT2D eigenvalue weighted by molar-refractivity contribution is -0.122. The molecular weight excluding hydrogens is 358 g/mol. The van der Waals surface area contributed by atoms with Gasteiger partial charge < -0.3 is 4.74 Å². The number of ether oxygens (including phenoxy) is 1. The van der Waals surface area contributed by atoms with Crippen molar-refractivity contribution in [2.45, 2.75) is 40.2 Å². The summed E-state index contributed by atoms with van der Waals surface area (Å²) in [5.41, 5.74) is 4.50. The Bertz CT molecular complexity index is 935. The molecule has 3 aromatic rings. The van der Waals surface area contributed by atoms with Crippen molar-refractivity contribution in [2.24, 2.45) is 0 Å². The van der Waals surface area contributed by atoms with E-state index in [2.05, 4.69) is 15.5 Å². The molecule has 0 aliphatic rings. The van der Waals surface area contributed by atoms with Crippen LogP contribution in [0.25, 0.3) is 10.6 Å². The number of amides is 1. The molecule has 0 bridgehead atoms. The summed E-state index contributed by atoms with van der Waals surface area (Å²) in [7, 11) is 0. The third kappa shape index (κ3) is 4.71. The van der Waals surface area contributed by atoms with Crippen molar-refractivity contribution in [1.29, 1.82) is 0 Å². The number of carbonyl (C=O) groups is 1. The summed E-state index contributed by atoms with van der Waals surface area (Å²) in [6.45, 7) is 8.03. The lowest BCUT2D eigenvalue weighted by Gasteiger charge is -2.17. The standard InChI is InChI=1S/C21H23N3O2S/c1-5-18(26-17-11-8-14(3)15(4)12-17)19(25)22-21-24-23-20(27-21)16-9-6-13(2)7-10-16/h6-12,18H,5H2,1-4H3,(H,22,24,25). The molecule has 0 aliphatic heterocycles. The zero-order chi connectivity index (χ0) is 19.4. The van der Waals surface area contributed by atoms with E-state index in [9.17, 15) is 4.79 Å². The quantitative estimate of drug-likeness (QED) is 0.658. The van der Waals surface area contributed by atoms with Crippen LogP contribution in [-0.2, 0) is 4.79 Å². The Balaban J connectivity index is 1.67. The molecule has 1 aromatic heterocycles. The molecule has 5 nitrogen and oxygen atoms in total. The van der Waals surface area contributed by atoms with Crippen LogP contribution >= 0.6 is 11.3 Å². The molecular formula is C21H23N3O2S. The smallest absolute Gasteiger partial charge is 0.267 e. The highest BCUT2D eigenvalue weighted by atomic mass is 32.1. The molecule has 140 valence electrons. The van der Waals surface area contributed by atoms with Crippen molar-refractivity contribution >= 4 is 22.4 Å². The third-order valence-corrected chi connectivity index (χ3v) is 5.26. The monoisotopic (exact) mass is 381 g/mol. The van der Waals surface area contributed by atoms with E-state index in [4.69, 9.17) is 4.74 Å². The van der Waals surface area contributed by atoms with Crippen molar-refractivity contribution in [1.82, 2.24) is 10.2 Å². The van der Waals surface area contributed by atoms with E-state index >= 15 is 0 Å². The van der Waals surface area contributed by atoms with E-state index in [1.165, 1.54) is 22.5 Å². The number of nitrogens with zero attached hydrogens (tertiary/aromatic N) is 2. The molecule has 0 saturated heterocycles. The molecule has 1 N–H and O–H groups in total. The van der Waals surface area contributed by atoms with Gasteiger partial charge in [-0.25, -0.2) is 0 Å². The molecule has 0 fully saturated rings.